The Morgan fingerprint density at radius 2 is 1.80 bits per heavy atom. The fraction of sp³-hybridized carbons (Fsp3) is 0.227. The third-order valence-corrected chi connectivity index (χ3v) is 5.33. The van der Waals surface area contributed by atoms with Gasteiger partial charge in [0.25, 0.3) is 0 Å². The highest BCUT2D eigenvalue weighted by molar-refractivity contribution is 7.16. The second-order valence-electron chi connectivity index (χ2n) is 6.71. The van der Waals surface area contributed by atoms with Gasteiger partial charge in [-0.15, -0.1) is 11.3 Å². The molecule has 8 heteroatoms. The Bertz CT molecular complexity index is 1030. The van der Waals surface area contributed by atoms with Crippen molar-refractivity contribution < 1.29 is 18.7 Å². The normalized spacial score (nSPS) is 11.6. The van der Waals surface area contributed by atoms with E-state index < -0.39 is 6.04 Å². The fourth-order valence-electron chi connectivity index (χ4n) is 3.01. The Balaban J connectivity index is 1.72. The van der Waals surface area contributed by atoms with Crippen LogP contribution in [0.3, 0.4) is 0 Å². The van der Waals surface area contributed by atoms with Gasteiger partial charge < -0.3 is 15.4 Å². The van der Waals surface area contributed by atoms with Gasteiger partial charge >= 0.3 is 0 Å². The number of aryl methyl sites for hydroxylation is 1. The zero-order chi connectivity index (χ0) is 21.7. The minimum Gasteiger partial charge on any atom is -0.497 e. The number of hydrogen-bond acceptors (Lipinski definition) is 5. The molecule has 3 rings (SSSR count). The van der Waals surface area contributed by atoms with Crippen molar-refractivity contribution in [1.29, 1.82) is 0 Å². The van der Waals surface area contributed by atoms with E-state index in [1.165, 1.54) is 30.4 Å². The second kappa shape index (κ2) is 9.49. The van der Waals surface area contributed by atoms with Gasteiger partial charge in [-0.2, -0.15) is 0 Å². The highest BCUT2D eigenvalue weighted by atomic mass is 32.1. The molecular weight excluding hydrogens is 405 g/mol. The van der Waals surface area contributed by atoms with Crippen LogP contribution in [0.25, 0.3) is 11.3 Å². The van der Waals surface area contributed by atoms with Crippen molar-refractivity contribution in [3.05, 3.63) is 64.8 Å². The van der Waals surface area contributed by atoms with Gasteiger partial charge in [-0.3, -0.25) is 9.59 Å². The van der Waals surface area contributed by atoms with Gasteiger partial charge in [-0.1, -0.05) is 12.1 Å². The molecule has 3 aromatic rings. The van der Waals surface area contributed by atoms with Crippen molar-refractivity contribution in [3.8, 4) is 17.0 Å². The van der Waals surface area contributed by atoms with Gasteiger partial charge in [0.1, 0.15) is 11.6 Å². The molecule has 2 amide bonds. The number of rotatable bonds is 7. The first-order valence-electron chi connectivity index (χ1n) is 9.30. The summed E-state index contributed by atoms with van der Waals surface area (Å²) in [5.74, 6) is -0.129. The first-order valence-corrected chi connectivity index (χ1v) is 10.1. The number of nitrogens with zero attached hydrogens (tertiary/aromatic N) is 1. The maximum Gasteiger partial charge on any atom is 0.228 e. The molecule has 0 bridgehead atoms. The smallest absolute Gasteiger partial charge is 0.228 e. The third-order valence-electron chi connectivity index (χ3n) is 4.45. The summed E-state index contributed by atoms with van der Waals surface area (Å²) in [5.41, 5.74) is 2.27. The molecule has 1 heterocycles. The molecule has 1 unspecified atom stereocenters. The highest BCUT2D eigenvalue weighted by Crippen LogP contribution is 2.31. The number of aromatic nitrogens is 1. The van der Waals surface area contributed by atoms with Crippen molar-refractivity contribution in [1.82, 2.24) is 10.3 Å². The first-order chi connectivity index (χ1) is 14.4. The van der Waals surface area contributed by atoms with Gasteiger partial charge in [0.2, 0.25) is 11.8 Å². The van der Waals surface area contributed by atoms with Crippen molar-refractivity contribution in [2.45, 2.75) is 26.3 Å². The van der Waals surface area contributed by atoms with Gasteiger partial charge in [0.15, 0.2) is 5.13 Å². The number of benzene rings is 2. The number of halogens is 1. The topological polar surface area (TPSA) is 80.3 Å². The Labute approximate surface area is 178 Å². The standard InChI is InChI=1S/C22H22FN3O3S/c1-13-21(16-4-8-17(23)9-5-16)26-22(30-13)25-20(28)12-19(24-14(2)27)15-6-10-18(29-3)11-7-15/h4-11,19H,12H2,1-3H3,(H,24,27)(H,25,26,28). The van der Waals surface area contributed by atoms with E-state index in [1.54, 1.807) is 31.4 Å². The van der Waals surface area contributed by atoms with E-state index in [4.69, 9.17) is 4.74 Å². The number of hydrogen-bond donors (Lipinski definition) is 2. The van der Waals surface area contributed by atoms with E-state index in [2.05, 4.69) is 15.6 Å². The highest BCUT2D eigenvalue weighted by Gasteiger charge is 2.19. The lowest BCUT2D eigenvalue weighted by Crippen LogP contribution is -2.29. The van der Waals surface area contributed by atoms with Gasteiger partial charge in [0.05, 0.1) is 25.3 Å². The molecule has 0 aliphatic rings. The minimum absolute atomic E-state index is 0.0520. The molecular formula is C22H22FN3O3S. The summed E-state index contributed by atoms with van der Waals surface area (Å²) >= 11 is 1.34. The number of carbonyl (C=O) groups excluding carboxylic acids is 2. The number of ether oxygens (including phenoxy) is 1. The molecule has 0 fully saturated rings. The lowest BCUT2D eigenvalue weighted by Gasteiger charge is -2.18. The molecule has 0 saturated carbocycles. The van der Waals surface area contributed by atoms with Crippen LogP contribution >= 0.6 is 11.3 Å². The van der Waals surface area contributed by atoms with Gasteiger partial charge in [-0.05, 0) is 48.9 Å². The van der Waals surface area contributed by atoms with Crippen LogP contribution in [0.15, 0.2) is 48.5 Å². The van der Waals surface area contributed by atoms with Crippen LogP contribution in [0.2, 0.25) is 0 Å². The summed E-state index contributed by atoms with van der Waals surface area (Å²) < 4.78 is 18.3. The predicted octanol–water partition coefficient (Wildman–Crippen LogP) is 4.47. The van der Waals surface area contributed by atoms with Crippen molar-refractivity contribution in [2.75, 3.05) is 12.4 Å². The van der Waals surface area contributed by atoms with E-state index in [9.17, 15) is 14.0 Å². The zero-order valence-corrected chi connectivity index (χ0v) is 17.7. The van der Waals surface area contributed by atoms with Crippen LogP contribution in [-0.2, 0) is 9.59 Å². The number of methoxy groups -OCH3 is 1. The maximum atomic E-state index is 13.2. The average Bonchev–Trinajstić information content (AvgIpc) is 3.07. The molecule has 30 heavy (non-hydrogen) atoms. The lowest BCUT2D eigenvalue weighted by atomic mass is 10.0. The Kier molecular flexibility index (Phi) is 6.79. The molecule has 0 spiro atoms. The molecule has 156 valence electrons. The van der Waals surface area contributed by atoms with E-state index in [0.29, 0.717) is 16.6 Å². The van der Waals surface area contributed by atoms with Crippen LogP contribution in [0, 0.1) is 12.7 Å². The summed E-state index contributed by atoms with van der Waals surface area (Å²) in [6, 6.07) is 12.8. The summed E-state index contributed by atoms with van der Waals surface area (Å²) in [5, 5.41) is 6.06. The van der Waals surface area contributed by atoms with Crippen LogP contribution in [-0.4, -0.2) is 23.9 Å². The zero-order valence-electron chi connectivity index (χ0n) is 16.9. The number of nitrogens with one attached hydrogen (secondary N) is 2. The van der Waals surface area contributed by atoms with Gasteiger partial charge in [0, 0.05) is 17.4 Å². The molecule has 2 aromatic carbocycles. The monoisotopic (exact) mass is 427 g/mol. The van der Waals surface area contributed by atoms with E-state index >= 15 is 0 Å². The molecule has 2 N–H and O–H groups in total. The second-order valence-corrected chi connectivity index (χ2v) is 7.91. The largest absolute Gasteiger partial charge is 0.497 e. The van der Waals surface area contributed by atoms with E-state index in [0.717, 1.165) is 16.0 Å². The van der Waals surface area contributed by atoms with Crippen molar-refractivity contribution in [2.24, 2.45) is 0 Å². The minimum atomic E-state index is -0.481. The molecule has 1 aromatic heterocycles. The Hall–Kier alpha value is -3.26. The van der Waals surface area contributed by atoms with Crippen molar-refractivity contribution >= 4 is 28.3 Å². The summed E-state index contributed by atoms with van der Waals surface area (Å²) in [4.78, 5) is 29.6. The number of anilines is 1. The maximum absolute atomic E-state index is 13.2. The summed E-state index contributed by atoms with van der Waals surface area (Å²) in [6.07, 6.45) is 0.0520. The average molecular weight is 428 g/mol. The van der Waals surface area contributed by atoms with Crippen LogP contribution in [0.1, 0.15) is 29.8 Å². The summed E-state index contributed by atoms with van der Waals surface area (Å²) in [6.45, 7) is 3.30. The molecule has 0 aliphatic heterocycles. The number of thiazole rings is 1. The number of carbonyl (C=O) groups is 2. The molecule has 0 radical (unpaired) electrons. The van der Waals surface area contributed by atoms with Crippen LogP contribution in [0.5, 0.6) is 5.75 Å². The van der Waals surface area contributed by atoms with Crippen LogP contribution < -0.4 is 15.4 Å². The SMILES string of the molecule is COc1ccc(C(CC(=O)Nc2nc(-c3ccc(F)cc3)c(C)s2)NC(C)=O)cc1. The number of amides is 2. The fourth-order valence-corrected chi connectivity index (χ4v) is 3.87. The Morgan fingerprint density at radius 1 is 1.13 bits per heavy atom. The molecule has 0 aliphatic carbocycles. The van der Waals surface area contributed by atoms with E-state index in [-0.39, 0.29) is 24.1 Å². The third kappa shape index (κ3) is 5.42. The molecule has 0 saturated heterocycles. The quantitative estimate of drug-likeness (QED) is 0.583. The van der Waals surface area contributed by atoms with Crippen molar-refractivity contribution in [3.63, 3.8) is 0 Å². The predicted molar refractivity (Wildman–Crippen MR) is 115 cm³/mol. The summed E-state index contributed by atoms with van der Waals surface area (Å²) in [7, 11) is 1.57. The van der Waals surface area contributed by atoms with Crippen LogP contribution in [0.4, 0.5) is 9.52 Å². The lowest BCUT2D eigenvalue weighted by molar-refractivity contribution is -0.120. The van der Waals surface area contributed by atoms with Gasteiger partial charge in [-0.25, -0.2) is 9.37 Å². The molecule has 6 nitrogen and oxygen atoms in total. The first kappa shape index (κ1) is 21.4. The Morgan fingerprint density at radius 3 is 2.40 bits per heavy atom. The van der Waals surface area contributed by atoms with E-state index in [1.807, 2.05) is 19.1 Å². The molecule has 1 atom stereocenters.